The van der Waals surface area contributed by atoms with E-state index < -0.39 is 0 Å². The van der Waals surface area contributed by atoms with Gasteiger partial charge in [-0.15, -0.1) is 11.3 Å². The highest BCUT2D eigenvalue weighted by atomic mass is 35.5. The third-order valence-electron chi connectivity index (χ3n) is 7.06. The summed E-state index contributed by atoms with van der Waals surface area (Å²) in [5.41, 5.74) is 3.99. The number of carbonyl (C=O) groups is 2. The number of anilines is 1. The van der Waals surface area contributed by atoms with Crippen LogP contribution in [0, 0.1) is 19.8 Å². The van der Waals surface area contributed by atoms with Crippen molar-refractivity contribution in [2.45, 2.75) is 46.6 Å². The van der Waals surface area contributed by atoms with Crippen LogP contribution in [-0.4, -0.2) is 48.0 Å². The summed E-state index contributed by atoms with van der Waals surface area (Å²) in [5.74, 6) is 0.992. The number of urea groups is 1. The molecule has 0 bridgehead atoms. The minimum Gasteiger partial charge on any atom is -0.491 e. The number of benzene rings is 2. The van der Waals surface area contributed by atoms with E-state index in [4.69, 9.17) is 16.3 Å². The first-order valence-electron chi connectivity index (χ1n) is 13.1. The van der Waals surface area contributed by atoms with Gasteiger partial charge in [0.2, 0.25) is 5.91 Å². The number of halogens is 1. The predicted molar refractivity (Wildman–Crippen MR) is 155 cm³/mol. The number of nitrogens with one attached hydrogen (secondary N) is 1. The van der Waals surface area contributed by atoms with Gasteiger partial charge in [-0.2, -0.15) is 0 Å². The van der Waals surface area contributed by atoms with Crippen LogP contribution in [0.2, 0.25) is 5.02 Å². The first kappa shape index (κ1) is 28.0. The Balaban J connectivity index is 1.52. The van der Waals surface area contributed by atoms with Crippen LogP contribution in [0.25, 0.3) is 0 Å². The van der Waals surface area contributed by atoms with Gasteiger partial charge in [-0.05, 0) is 73.0 Å². The second-order valence-corrected chi connectivity index (χ2v) is 11.5. The number of ether oxygens (including phenoxy) is 1. The topological polar surface area (TPSA) is 61.9 Å². The molecular formula is C30H36ClN3O3S. The van der Waals surface area contributed by atoms with Gasteiger partial charge in [-0.3, -0.25) is 4.79 Å². The molecule has 4 rings (SSSR count). The second kappa shape index (κ2) is 12.7. The average Bonchev–Trinajstić information content (AvgIpc) is 3.36. The highest BCUT2D eigenvalue weighted by molar-refractivity contribution is 7.10. The van der Waals surface area contributed by atoms with Crippen LogP contribution in [0.5, 0.6) is 5.75 Å². The van der Waals surface area contributed by atoms with Crippen molar-refractivity contribution < 1.29 is 14.3 Å². The van der Waals surface area contributed by atoms with Crippen molar-refractivity contribution in [2.75, 3.05) is 31.6 Å². The zero-order valence-electron chi connectivity index (χ0n) is 22.5. The number of carbonyl (C=O) groups excluding carboxylic acids is 2. The van der Waals surface area contributed by atoms with E-state index >= 15 is 0 Å². The van der Waals surface area contributed by atoms with Crippen molar-refractivity contribution in [3.63, 3.8) is 0 Å². The Kier molecular flexibility index (Phi) is 9.34. The molecule has 0 spiro atoms. The minimum atomic E-state index is -0.308. The molecule has 2 atom stereocenters. The molecule has 2 aromatic carbocycles. The molecular weight excluding hydrogens is 518 g/mol. The fourth-order valence-corrected chi connectivity index (χ4v) is 5.87. The molecule has 0 aliphatic carbocycles. The third-order valence-corrected chi connectivity index (χ3v) is 8.29. The molecule has 0 radical (unpaired) electrons. The highest BCUT2D eigenvalue weighted by Crippen LogP contribution is 2.34. The van der Waals surface area contributed by atoms with Crippen molar-refractivity contribution in [2.24, 2.45) is 5.92 Å². The maximum atomic E-state index is 13.8. The average molecular weight is 554 g/mol. The first-order chi connectivity index (χ1) is 18.2. The number of thiophene rings is 1. The molecule has 1 aliphatic heterocycles. The summed E-state index contributed by atoms with van der Waals surface area (Å²) >= 11 is 7.83. The van der Waals surface area contributed by atoms with Gasteiger partial charge in [-0.1, -0.05) is 55.6 Å². The Morgan fingerprint density at radius 2 is 2.03 bits per heavy atom. The summed E-state index contributed by atoms with van der Waals surface area (Å²) in [6.07, 6.45) is 1.71. The van der Waals surface area contributed by atoms with Crippen LogP contribution in [0.15, 0.2) is 53.9 Å². The summed E-state index contributed by atoms with van der Waals surface area (Å²) in [6.45, 7) is 9.70. The Hall–Kier alpha value is -3.03. The van der Waals surface area contributed by atoms with Crippen LogP contribution in [0.3, 0.4) is 0 Å². The zero-order valence-corrected chi connectivity index (χ0v) is 24.1. The SMILES string of the molecule is CC[C@H](C)CN(CC(=O)N1CCc2sccc2[C@H]1COc1ccc(C)cc1C)C(=O)Nc1cccc(Cl)c1. The van der Waals surface area contributed by atoms with Gasteiger partial charge in [0.05, 0.1) is 6.04 Å². The normalized spacial score (nSPS) is 15.5. The molecule has 0 saturated heterocycles. The lowest BCUT2D eigenvalue weighted by molar-refractivity contribution is -0.135. The van der Waals surface area contributed by atoms with Gasteiger partial charge in [-0.25, -0.2) is 4.79 Å². The van der Waals surface area contributed by atoms with Gasteiger partial charge >= 0.3 is 6.03 Å². The van der Waals surface area contributed by atoms with Gasteiger partial charge in [0, 0.05) is 28.7 Å². The number of aryl methyl sites for hydroxylation is 2. The number of rotatable bonds is 9. The van der Waals surface area contributed by atoms with E-state index in [1.165, 1.54) is 10.4 Å². The van der Waals surface area contributed by atoms with Crippen molar-refractivity contribution in [3.05, 3.63) is 80.5 Å². The predicted octanol–water partition coefficient (Wildman–Crippen LogP) is 7.10. The van der Waals surface area contributed by atoms with Gasteiger partial charge in [0.15, 0.2) is 0 Å². The number of amides is 3. The van der Waals surface area contributed by atoms with Crippen LogP contribution in [0.1, 0.15) is 47.9 Å². The number of hydrogen-bond donors (Lipinski definition) is 1. The van der Waals surface area contributed by atoms with E-state index in [-0.39, 0.29) is 30.4 Å². The number of nitrogens with zero attached hydrogens (tertiary/aromatic N) is 2. The van der Waals surface area contributed by atoms with Crippen molar-refractivity contribution >= 4 is 40.6 Å². The monoisotopic (exact) mass is 553 g/mol. The largest absolute Gasteiger partial charge is 0.491 e. The summed E-state index contributed by atoms with van der Waals surface area (Å²) in [6, 6.07) is 14.7. The molecule has 2 heterocycles. The van der Waals surface area contributed by atoms with Gasteiger partial charge < -0.3 is 19.9 Å². The molecule has 3 amide bonds. The number of hydrogen-bond acceptors (Lipinski definition) is 4. The molecule has 202 valence electrons. The van der Waals surface area contributed by atoms with Crippen LogP contribution < -0.4 is 10.1 Å². The smallest absolute Gasteiger partial charge is 0.322 e. The van der Waals surface area contributed by atoms with Crippen LogP contribution in [-0.2, 0) is 11.2 Å². The van der Waals surface area contributed by atoms with Crippen LogP contribution >= 0.6 is 22.9 Å². The van der Waals surface area contributed by atoms with Crippen LogP contribution in [0.4, 0.5) is 10.5 Å². The fourth-order valence-electron chi connectivity index (χ4n) is 4.75. The molecule has 1 aromatic heterocycles. The summed E-state index contributed by atoms with van der Waals surface area (Å²) in [7, 11) is 0. The van der Waals surface area contributed by atoms with E-state index in [9.17, 15) is 9.59 Å². The Morgan fingerprint density at radius 1 is 1.21 bits per heavy atom. The summed E-state index contributed by atoms with van der Waals surface area (Å²) in [5, 5.41) is 5.53. The Labute approximate surface area is 234 Å². The van der Waals surface area contributed by atoms with Gasteiger partial charge in [0.1, 0.15) is 18.9 Å². The fraction of sp³-hybridized carbons (Fsp3) is 0.400. The Bertz CT molecular complexity index is 1280. The molecule has 38 heavy (non-hydrogen) atoms. The van der Waals surface area contributed by atoms with Crippen molar-refractivity contribution in [3.8, 4) is 5.75 Å². The van der Waals surface area contributed by atoms with E-state index in [1.54, 1.807) is 40.5 Å². The highest BCUT2D eigenvalue weighted by Gasteiger charge is 2.34. The molecule has 3 aromatic rings. The molecule has 0 saturated carbocycles. The van der Waals surface area contributed by atoms with E-state index in [1.807, 2.05) is 24.0 Å². The number of fused-ring (bicyclic) bond motifs is 1. The third kappa shape index (κ3) is 6.88. The lowest BCUT2D eigenvalue weighted by atomic mass is 10.00. The molecule has 0 fully saturated rings. The van der Waals surface area contributed by atoms with E-state index in [2.05, 4.69) is 43.6 Å². The lowest BCUT2D eigenvalue weighted by Crippen LogP contribution is -2.49. The molecule has 0 unspecified atom stereocenters. The Morgan fingerprint density at radius 3 is 2.76 bits per heavy atom. The van der Waals surface area contributed by atoms with Crippen molar-refractivity contribution in [1.29, 1.82) is 0 Å². The second-order valence-electron chi connectivity index (χ2n) is 10.1. The summed E-state index contributed by atoms with van der Waals surface area (Å²) in [4.78, 5) is 31.9. The molecule has 8 heteroatoms. The van der Waals surface area contributed by atoms with E-state index in [0.717, 1.165) is 29.7 Å². The lowest BCUT2D eigenvalue weighted by Gasteiger charge is -2.37. The molecule has 6 nitrogen and oxygen atoms in total. The molecule has 1 N–H and O–H groups in total. The quantitative estimate of drug-likeness (QED) is 0.307. The van der Waals surface area contributed by atoms with Gasteiger partial charge in [0.25, 0.3) is 0 Å². The maximum Gasteiger partial charge on any atom is 0.322 e. The minimum absolute atomic E-state index is 0.00370. The first-order valence-corrected chi connectivity index (χ1v) is 14.4. The van der Waals surface area contributed by atoms with Crippen molar-refractivity contribution in [1.82, 2.24) is 9.80 Å². The van der Waals surface area contributed by atoms with E-state index in [0.29, 0.717) is 30.4 Å². The maximum absolute atomic E-state index is 13.8. The molecule has 1 aliphatic rings. The zero-order chi connectivity index (χ0) is 27.2. The summed E-state index contributed by atoms with van der Waals surface area (Å²) < 4.78 is 6.27. The standard InChI is InChI=1S/C30H36ClN3O3S/c1-5-20(2)17-33(30(36)32-24-8-6-7-23(31)16-24)18-29(35)34-13-11-28-25(12-14-38-28)26(34)19-37-27-10-9-21(3)15-22(27)4/h6-10,12,14-16,20,26H,5,11,13,17-19H2,1-4H3,(H,32,36)/t20-,26+/m0/s1.